The number of alkyl carbamates (subject to hydrolysis) is 1. The molecule has 0 aliphatic carbocycles. The van der Waals surface area contributed by atoms with Gasteiger partial charge in [-0.3, -0.25) is 10.1 Å². The molecule has 0 bridgehead atoms. The van der Waals surface area contributed by atoms with E-state index in [0.29, 0.717) is 11.5 Å². The lowest BCUT2D eigenvalue weighted by Crippen LogP contribution is -2.34. The van der Waals surface area contributed by atoms with Crippen LogP contribution in [0.15, 0.2) is 24.3 Å². The second-order valence-electron chi connectivity index (χ2n) is 4.62. The van der Waals surface area contributed by atoms with Crippen LogP contribution in [0.25, 0.3) is 0 Å². The number of ether oxygens (including phenoxy) is 2. The van der Waals surface area contributed by atoms with Crippen molar-refractivity contribution in [3.8, 4) is 0 Å². The van der Waals surface area contributed by atoms with Crippen LogP contribution >= 0.6 is 0 Å². The van der Waals surface area contributed by atoms with Gasteiger partial charge in [-0.25, -0.2) is 9.59 Å². The summed E-state index contributed by atoms with van der Waals surface area (Å²) < 4.78 is 9.34. The molecule has 0 saturated heterocycles. The molecular weight excluding hydrogens is 274 g/mol. The molecule has 0 atom stereocenters. The van der Waals surface area contributed by atoms with E-state index in [4.69, 9.17) is 4.74 Å². The number of carbonyl (C=O) groups is 3. The SMILES string of the molecule is CCOC(=O)NC(=O)COC(=O)c1ccc(C(C)C)cc1. The van der Waals surface area contributed by atoms with Gasteiger partial charge in [-0.15, -0.1) is 0 Å². The van der Waals surface area contributed by atoms with Gasteiger partial charge in [0.15, 0.2) is 6.61 Å². The predicted octanol–water partition coefficient (Wildman–Crippen LogP) is 2.24. The fraction of sp³-hybridized carbons (Fsp3) is 0.400. The van der Waals surface area contributed by atoms with E-state index in [-0.39, 0.29) is 6.61 Å². The van der Waals surface area contributed by atoms with Crippen LogP contribution in [0.5, 0.6) is 0 Å². The maximum atomic E-state index is 11.7. The predicted molar refractivity (Wildman–Crippen MR) is 76.0 cm³/mol. The minimum atomic E-state index is -0.861. The van der Waals surface area contributed by atoms with Gasteiger partial charge < -0.3 is 9.47 Å². The molecule has 0 aromatic heterocycles. The lowest BCUT2D eigenvalue weighted by molar-refractivity contribution is -0.123. The van der Waals surface area contributed by atoms with Crippen LogP contribution in [-0.4, -0.2) is 31.2 Å². The average Bonchev–Trinajstić information content (AvgIpc) is 2.45. The zero-order valence-electron chi connectivity index (χ0n) is 12.3. The molecule has 1 aromatic carbocycles. The summed E-state index contributed by atoms with van der Waals surface area (Å²) in [5, 5.41) is 1.93. The second-order valence-corrected chi connectivity index (χ2v) is 4.62. The molecule has 0 spiro atoms. The van der Waals surface area contributed by atoms with E-state index in [1.165, 1.54) is 0 Å². The first-order chi connectivity index (χ1) is 9.93. The van der Waals surface area contributed by atoms with Crippen LogP contribution in [0.3, 0.4) is 0 Å². The molecule has 0 unspecified atom stereocenters. The summed E-state index contributed by atoms with van der Waals surface area (Å²) in [4.78, 5) is 34.0. The molecule has 6 nitrogen and oxygen atoms in total. The Morgan fingerprint density at radius 2 is 1.71 bits per heavy atom. The fourth-order valence-corrected chi connectivity index (χ4v) is 1.54. The lowest BCUT2D eigenvalue weighted by Gasteiger charge is -2.07. The largest absolute Gasteiger partial charge is 0.452 e. The summed E-state index contributed by atoms with van der Waals surface area (Å²) in [7, 11) is 0. The van der Waals surface area contributed by atoms with Crippen molar-refractivity contribution in [2.75, 3.05) is 13.2 Å². The number of nitrogens with one attached hydrogen (secondary N) is 1. The molecule has 1 N–H and O–H groups in total. The van der Waals surface area contributed by atoms with Crippen molar-refractivity contribution in [3.05, 3.63) is 35.4 Å². The maximum absolute atomic E-state index is 11.7. The van der Waals surface area contributed by atoms with Crippen LogP contribution < -0.4 is 5.32 Å². The molecule has 6 heteroatoms. The molecular formula is C15H19NO5. The first-order valence-electron chi connectivity index (χ1n) is 6.67. The van der Waals surface area contributed by atoms with E-state index in [9.17, 15) is 14.4 Å². The Morgan fingerprint density at radius 3 is 2.24 bits per heavy atom. The quantitative estimate of drug-likeness (QED) is 0.842. The van der Waals surface area contributed by atoms with Crippen LogP contribution in [0.4, 0.5) is 4.79 Å². The molecule has 1 aromatic rings. The van der Waals surface area contributed by atoms with Gasteiger partial charge in [0, 0.05) is 0 Å². The van der Waals surface area contributed by atoms with Gasteiger partial charge in [0.25, 0.3) is 5.91 Å². The van der Waals surface area contributed by atoms with Crippen molar-refractivity contribution < 1.29 is 23.9 Å². The van der Waals surface area contributed by atoms with Gasteiger partial charge in [0.1, 0.15) is 0 Å². The minimum Gasteiger partial charge on any atom is -0.452 e. The smallest absolute Gasteiger partial charge is 0.413 e. The van der Waals surface area contributed by atoms with Gasteiger partial charge in [0.2, 0.25) is 0 Å². The van der Waals surface area contributed by atoms with Crippen molar-refractivity contribution in [2.45, 2.75) is 26.7 Å². The van der Waals surface area contributed by atoms with Gasteiger partial charge in [-0.2, -0.15) is 0 Å². The number of rotatable bonds is 5. The van der Waals surface area contributed by atoms with Crippen LogP contribution in [0, 0.1) is 0 Å². The number of carbonyl (C=O) groups excluding carboxylic acids is 3. The third-order valence-corrected chi connectivity index (χ3v) is 2.66. The molecule has 0 heterocycles. The molecule has 0 saturated carbocycles. The first kappa shape index (κ1) is 16.7. The number of hydrogen-bond donors (Lipinski definition) is 1. The highest BCUT2D eigenvalue weighted by Gasteiger charge is 2.13. The highest BCUT2D eigenvalue weighted by Crippen LogP contribution is 2.15. The Morgan fingerprint density at radius 1 is 1.10 bits per heavy atom. The number of esters is 1. The monoisotopic (exact) mass is 293 g/mol. The third kappa shape index (κ3) is 5.64. The van der Waals surface area contributed by atoms with E-state index in [2.05, 4.69) is 4.74 Å². The number of imide groups is 1. The van der Waals surface area contributed by atoms with Gasteiger partial charge in [-0.1, -0.05) is 26.0 Å². The highest BCUT2D eigenvalue weighted by atomic mass is 16.6. The molecule has 0 aliphatic heterocycles. The zero-order chi connectivity index (χ0) is 15.8. The molecule has 1 rings (SSSR count). The van der Waals surface area contributed by atoms with Gasteiger partial charge in [-0.05, 0) is 30.5 Å². The molecule has 0 radical (unpaired) electrons. The molecule has 0 fully saturated rings. The summed E-state index contributed by atoms with van der Waals surface area (Å²) >= 11 is 0. The van der Waals surface area contributed by atoms with Crippen LogP contribution in [0.2, 0.25) is 0 Å². The average molecular weight is 293 g/mol. The molecule has 21 heavy (non-hydrogen) atoms. The Bertz CT molecular complexity index is 507. The van der Waals surface area contributed by atoms with E-state index in [1.54, 1.807) is 19.1 Å². The second kappa shape index (κ2) is 8.04. The zero-order valence-corrected chi connectivity index (χ0v) is 12.3. The standard InChI is InChI=1S/C15H19NO5/c1-4-20-15(19)16-13(17)9-21-14(18)12-7-5-11(6-8-12)10(2)3/h5-8,10H,4,9H2,1-3H3,(H,16,17,19). The summed E-state index contributed by atoms with van der Waals surface area (Å²) in [5.41, 5.74) is 1.45. The maximum Gasteiger partial charge on any atom is 0.413 e. The Balaban J connectivity index is 2.46. The van der Waals surface area contributed by atoms with Crippen molar-refractivity contribution >= 4 is 18.0 Å². The third-order valence-electron chi connectivity index (χ3n) is 2.66. The summed E-state index contributed by atoms with van der Waals surface area (Å²) in [5.74, 6) is -0.990. The number of benzene rings is 1. The summed E-state index contributed by atoms with van der Waals surface area (Å²) in [6.07, 6.45) is -0.861. The van der Waals surface area contributed by atoms with E-state index < -0.39 is 24.6 Å². The number of hydrogen-bond acceptors (Lipinski definition) is 5. The van der Waals surface area contributed by atoms with Crippen molar-refractivity contribution in [1.82, 2.24) is 5.32 Å². The summed E-state index contributed by atoms with van der Waals surface area (Å²) in [6, 6.07) is 6.95. The number of amides is 2. The molecule has 0 aliphatic rings. The topological polar surface area (TPSA) is 81.7 Å². The first-order valence-corrected chi connectivity index (χ1v) is 6.67. The summed E-state index contributed by atoms with van der Waals surface area (Å²) in [6.45, 7) is 5.33. The van der Waals surface area contributed by atoms with E-state index in [0.717, 1.165) is 5.56 Å². The normalized spacial score (nSPS) is 10.1. The fourth-order valence-electron chi connectivity index (χ4n) is 1.54. The van der Waals surface area contributed by atoms with Crippen molar-refractivity contribution in [1.29, 1.82) is 0 Å². The van der Waals surface area contributed by atoms with Gasteiger partial charge in [0.05, 0.1) is 12.2 Å². The molecule has 114 valence electrons. The lowest BCUT2D eigenvalue weighted by atomic mass is 10.0. The van der Waals surface area contributed by atoms with E-state index in [1.807, 2.05) is 31.3 Å². The van der Waals surface area contributed by atoms with Gasteiger partial charge >= 0.3 is 12.1 Å². The minimum absolute atomic E-state index is 0.154. The van der Waals surface area contributed by atoms with Crippen molar-refractivity contribution in [3.63, 3.8) is 0 Å². The van der Waals surface area contributed by atoms with Crippen LogP contribution in [-0.2, 0) is 14.3 Å². The Hall–Kier alpha value is -2.37. The van der Waals surface area contributed by atoms with Crippen molar-refractivity contribution in [2.24, 2.45) is 0 Å². The Kier molecular flexibility index (Phi) is 6.39. The van der Waals surface area contributed by atoms with E-state index >= 15 is 0 Å². The molecule has 2 amide bonds. The Labute approximate surface area is 123 Å². The van der Waals surface area contributed by atoms with Crippen LogP contribution in [0.1, 0.15) is 42.6 Å². The highest BCUT2D eigenvalue weighted by molar-refractivity contribution is 5.95.